The van der Waals surface area contributed by atoms with Gasteiger partial charge in [-0.05, 0) is 42.0 Å². The fourth-order valence-electron chi connectivity index (χ4n) is 1.76. The molecule has 1 nitrogen and oxygen atoms in total. The highest BCUT2D eigenvalue weighted by Gasteiger charge is 2.01. The smallest absolute Gasteiger partial charge is 0.0660 e. The molecule has 0 spiro atoms. The molecule has 1 aromatic carbocycles. The Morgan fingerprint density at radius 2 is 2.36 bits per heavy atom. The summed E-state index contributed by atoms with van der Waals surface area (Å²) in [7, 11) is 0. The zero-order chi connectivity index (χ0) is 9.54. The Morgan fingerprint density at radius 1 is 1.43 bits per heavy atom. The van der Waals surface area contributed by atoms with E-state index >= 15 is 0 Å². The maximum atomic E-state index is 3.16. The fraction of sp³-hybridized carbons (Fsp3) is 0.167. The van der Waals surface area contributed by atoms with Crippen LogP contribution in [0.15, 0.2) is 23.6 Å². The van der Waals surface area contributed by atoms with E-state index in [-0.39, 0.29) is 0 Å². The van der Waals surface area contributed by atoms with Crippen LogP contribution in [0.4, 0.5) is 0 Å². The first-order chi connectivity index (χ1) is 6.88. The number of hydrogen-bond donors (Lipinski definition) is 0. The second-order valence-corrected chi connectivity index (χ2v) is 4.26. The molecule has 2 aromatic heterocycles. The van der Waals surface area contributed by atoms with Gasteiger partial charge in [-0.3, -0.25) is 0 Å². The minimum absolute atomic E-state index is 0.955. The van der Waals surface area contributed by atoms with Crippen molar-refractivity contribution in [2.24, 2.45) is 0 Å². The van der Waals surface area contributed by atoms with Crippen LogP contribution in [0.1, 0.15) is 6.92 Å². The lowest BCUT2D eigenvalue weighted by atomic mass is 10.2. The van der Waals surface area contributed by atoms with E-state index in [0.717, 1.165) is 11.9 Å². The summed E-state index contributed by atoms with van der Waals surface area (Å²) < 4.78 is 3.45. The van der Waals surface area contributed by atoms with Crippen molar-refractivity contribution < 1.29 is 0 Å². The Morgan fingerprint density at radius 3 is 3.21 bits per heavy atom. The molecule has 0 amide bonds. The lowest BCUT2D eigenvalue weighted by Crippen LogP contribution is -1.89. The minimum atomic E-state index is 0.955. The molecule has 0 saturated carbocycles. The number of fused-ring (bicyclic) bond motifs is 2. The van der Waals surface area contributed by atoms with Gasteiger partial charge in [0.25, 0.3) is 0 Å². The highest BCUT2D eigenvalue weighted by Crippen LogP contribution is 2.25. The molecular weight excluding hydrogens is 190 g/mol. The van der Waals surface area contributed by atoms with Crippen molar-refractivity contribution in [3.8, 4) is 0 Å². The van der Waals surface area contributed by atoms with Crippen LogP contribution in [-0.4, -0.2) is 4.57 Å². The summed E-state index contributed by atoms with van der Waals surface area (Å²) in [5, 5.41) is 4.60. The number of aryl methyl sites for hydroxylation is 1. The Kier molecular flexibility index (Phi) is 1.56. The van der Waals surface area contributed by atoms with Crippen molar-refractivity contribution in [3.05, 3.63) is 35.8 Å². The zero-order valence-electron chi connectivity index (χ0n) is 7.87. The summed E-state index contributed by atoms with van der Waals surface area (Å²) in [5.74, 6) is 0. The van der Waals surface area contributed by atoms with Gasteiger partial charge in [0.1, 0.15) is 0 Å². The van der Waals surface area contributed by atoms with Crippen molar-refractivity contribution in [1.82, 2.24) is 4.57 Å². The van der Waals surface area contributed by atoms with Gasteiger partial charge in [-0.2, -0.15) is 0 Å². The van der Waals surface area contributed by atoms with Crippen molar-refractivity contribution in [2.75, 3.05) is 0 Å². The second kappa shape index (κ2) is 2.76. The summed E-state index contributed by atoms with van der Waals surface area (Å²) in [5.41, 5.74) is 1.24. The van der Waals surface area contributed by atoms with Gasteiger partial charge in [0, 0.05) is 17.4 Å². The van der Waals surface area contributed by atoms with Crippen LogP contribution in [0.2, 0.25) is 0 Å². The SMILES string of the molecule is CCn1c#cc2cc3ccsc3cc21. The first-order valence-electron chi connectivity index (χ1n) is 4.69. The molecular formula is C12H9NS. The van der Waals surface area contributed by atoms with E-state index in [4.69, 9.17) is 0 Å². The normalized spacial score (nSPS) is 10.9. The highest BCUT2D eigenvalue weighted by atomic mass is 32.1. The van der Waals surface area contributed by atoms with Gasteiger partial charge >= 0.3 is 0 Å². The van der Waals surface area contributed by atoms with Gasteiger partial charge in [-0.1, -0.05) is 0 Å². The van der Waals surface area contributed by atoms with Crippen molar-refractivity contribution in [3.63, 3.8) is 0 Å². The molecule has 0 atom stereocenters. The Labute approximate surface area is 86.6 Å². The summed E-state index contributed by atoms with van der Waals surface area (Å²) in [6, 6.07) is 9.73. The third kappa shape index (κ3) is 0.964. The summed E-state index contributed by atoms with van der Waals surface area (Å²) >= 11 is 1.78. The Balaban J connectivity index is 2.47. The topological polar surface area (TPSA) is 4.93 Å². The maximum Gasteiger partial charge on any atom is 0.0660 e. The predicted octanol–water partition coefficient (Wildman–Crippen LogP) is 3.48. The van der Waals surface area contributed by atoms with Crippen molar-refractivity contribution in [1.29, 1.82) is 0 Å². The molecule has 0 unspecified atom stereocenters. The standard InChI is InChI=1S/C12H9NS/c1-2-13-5-3-9-7-10-4-6-14-12(10)8-11(9)13/h4,6-8H,2H2,1H3. The van der Waals surface area contributed by atoms with Crippen LogP contribution in [0.25, 0.3) is 21.0 Å². The lowest BCUT2D eigenvalue weighted by Gasteiger charge is -1.98. The lowest BCUT2D eigenvalue weighted by molar-refractivity contribution is 0.798. The molecule has 3 rings (SSSR count). The molecule has 2 heterocycles. The quantitative estimate of drug-likeness (QED) is 0.565. The third-order valence-corrected chi connectivity index (χ3v) is 3.38. The van der Waals surface area contributed by atoms with E-state index in [0.29, 0.717) is 0 Å². The fourth-order valence-corrected chi connectivity index (χ4v) is 2.56. The average molecular weight is 199 g/mol. The molecule has 0 radical (unpaired) electrons. The molecule has 0 fully saturated rings. The predicted molar refractivity (Wildman–Crippen MR) is 60.7 cm³/mol. The largest absolute Gasteiger partial charge is 0.300 e. The highest BCUT2D eigenvalue weighted by molar-refractivity contribution is 7.17. The first kappa shape index (κ1) is 7.90. The van der Waals surface area contributed by atoms with Gasteiger partial charge in [-0.15, -0.1) is 11.3 Å². The molecule has 2 heteroatoms. The summed E-state index contributed by atoms with van der Waals surface area (Å²) in [4.78, 5) is 0. The van der Waals surface area contributed by atoms with Crippen molar-refractivity contribution in [2.45, 2.75) is 13.5 Å². The van der Waals surface area contributed by atoms with Crippen LogP contribution in [0, 0.1) is 12.3 Å². The summed E-state index contributed by atoms with van der Waals surface area (Å²) in [6.45, 7) is 3.08. The Bertz CT molecular complexity index is 588. The average Bonchev–Trinajstić information content (AvgIpc) is 2.78. The number of rotatable bonds is 1. The number of nitrogens with zero attached hydrogens (tertiary/aromatic N) is 1. The maximum absolute atomic E-state index is 3.16. The van der Waals surface area contributed by atoms with E-state index in [1.165, 1.54) is 15.6 Å². The van der Waals surface area contributed by atoms with Gasteiger partial charge in [0.15, 0.2) is 0 Å². The molecule has 0 N–H and O–H groups in total. The van der Waals surface area contributed by atoms with Gasteiger partial charge in [-0.25, -0.2) is 0 Å². The van der Waals surface area contributed by atoms with Gasteiger partial charge in [0.05, 0.1) is 10.9 Å². The molecule has 0 aliphatic rings. The summed E-state index contributed by atoms with van der Waals surface area (Å²) in [6.07, 6.45) is 3.12. The molecule has 14 heavy (non-hydrogen) atoms. The number of aromatic nitrogens is 1. The molecule has 0 aliphatic carbocycles. The Hall–Kier alpha value is -1.46. The van der Waals surface area contributed by atoms with E-state index < -0.39 is 0 Å². The van der Waals surface area contributed by atoms with Crippen LogP contribution >= 0.6 is 11.3 Å². The second-order valence-electron chi connectivity index (χ2n) is 3.31. The molecule has 0 bridgehead atoms. The monoisotopic (exact) mass is 199 g/mol. The first-order valence-corrected chi connectivity index (χ1v) is 5.57. The van der Waals surface area contributed by atoms with E-state index in [2.05, 4.69) is 47.3 Å². The van der Waals surface area contributed by atoms with Gasteiger partial charge in [0.2, 0.25) is 0 Å². The van der Waals surface area contributed by atoms with E-state index in [9.17, 15) is 0 Å². The van der Waals surface area contributed by atoms with E-state index in [1.807, 2.05) is 0 Å². The van der Waals surface area contributed by atoms with Crippen molar-refractivity contribution >= 4 is 32.3 Å². The van der Waals surface area contributed by atoms with Crippen LogP contribution in [0.3, 0.4) is 0 Å². The van der Waals surface area contributed by atoms with Gasteiger partial charge < -0.3 is 4.57 Å². The molecule has 3 aromatic rings. The van der Waals surface area contributed by atoms with Crippen LogP contribution < -0.4 is 0 Å². The minimum Gasteiger partial charge on any atom is -0.300 e. The third-order valence-electron chi connectivity index (χ3n) is 2.50. The molecule has 68 valence electrons. The molecule has 0 saturated heterocycles. The van der Waals surface area contributed by atoms with Crippen LogP contribution in [-0.2, 0) is 6.54 Å². The van der Waals surface area contributed by atoms with E-state index in [1.54, 1.807) is 11.3 Å². The molecule has 0 aliphatic heterocycles. The number of thiophene rings is 1. The number of hydrogen-bond acceptors (Lipinski definition) is 1. The van der Waals surface area contributed by atoms with Crippen LogP contribution in [0.5, 0.6) is 0 Å². The zero-order valence-corrected chi connectivity index (χ0v) is 8.69. The number of benzene rings is 1.